The number of anilines is 1. The van der Waals surface area contributed by atoms with Gasteiger partial charge < -0.3 is 15.0 Å². The van der Waals surface area contributed by atoms with Crippen molar-refractivity contribution in [3.05, 3.63) is 23.9 Å². The molecule has 0 bridgehead atoms. The second kappa shape index (κ2) is 7.63. The summed E-state index contributed by atoms with van der Waals surface area (Å²) < 4.78 is 28.3. The molecule has 0 saturated carbocycles. The first-order chi connectivity index (χ1) is 9.00. The highest BCUT2D eigenvalue weighted by atomic mass is 19.3. The average Bonchev–Trinajstić information content (AvgIpc) is 2.37. The molecule has 0 unspecified atom stereocenters. The molecule has 0 aliphatic rings. The molecule has 0 aliphatic carbocycles. The van der Waals surface area contributed by atoms with Crippen molar-refractivity contribution in [2.75, 3.05) is 39.2 Å². The molecule has 0 atom stereocenters. The van der Waals surface area contributed by atoms with Crippen LogP contribution in [0.1, 0.15) is 10.4 Å². The Balaban J connectivity index is 2.34. The van der Waals surface area contributed by atoms with Gasteiger partial charge in [-0.2, -0.15) is 0 Å². The summed E-state index contributed by atoms with van der Waals surface area (Å²) in [5.41, 5.74) is 0.490. The third kappa shape index (κ3) is 5.60. The Morgan fingerprint density at radius 1 is 1.47 bits per heavy atom. The van der Waals surface area contributed by atoms with E-state index in [1.807, 2.05) is 0 Å². The SMILES string of the molecule is CN(C)C(=O)c1ccc(NCCOCC(F)F)nc1. The molecular formula is C12H17F2N3O2. The topological polar surface area (TPSA) is 54.5 Å². The molecule has 1 heterocycles. The van der Waals surface area contributed by atoms with Crippen LogP contribution in [0.3, 0.4) is 0 Å². The number of amides is 1. The summed E-state index contributed by atoms with van der Waals surface area (Å²) in [6.07, 6.45) is -0.987. The van der Waals surface area contributed by atoms with E-state index in [0.717, 1.165) is 0 Å². The number of ether oxygens (including phenoxy) is 1. The highest BCUT2D eigenvalue weighted by molar-refractivity contribution is 5.93. The lowest BCUT2D eigenvalue weighted by molar-refractivity contribution is 0.0215. The average molecular weight is 273 g/mol. The van der Waals surface area contributed by atoms with Gasteiger partial charge in [0.15, 0.2) is 0 Å². The summed E-state index contributed by atoms with van der Waals surface area (Å²) in [4.78, 5) is 17.1. The van der Waals surface area contributed by atoms with Gasteiger partial charge in [0.1, 0.15) is 12.4 Å². The van der Waals surface area contributed by atoms with Crippen LogP contribution in [0.15, 0.2) is 18.3 Å². The normalized spacial score (nSPS) is 10.6. The summed E-state index contributed by atoms with van der Waals surface area (Å²) in [6, 6.07) is 3.31. The zero-order chi connectivity index (χ0) is 14.3. The van der Waals surface area contributed by atoms with Gasteiger partial charge in [-0.15, -0.1) is 0 Å². The third-order valence-corrected chi connectivity index (χ3v) is 2.21. The first-order valence-electron chi connectivity index (χ1n) is 5.78. The van der Waals surface area contributed by atoms with Crippen molar-refractivity contribution in [1.82, 2.24) is 9.88 Å². The van der Waals surface area contributed by atoms with Crippen LogP contribution in [0.25, 0.3) is 0 Å². The molecule has 19 heavy (non-hydrogen) atoms. The zero-order valence-corrected chi connectivity index (χ0v) is 10.9. The van der Waals surface area contributed by atoms with Crippen LogP contribution in [0.4, 0.5) is 14.6 Å². The lowest BCUT2D eigenvalue weighted by Gasteiger charge is -2.10. The van der Waals surface area contributed by atoms with Gasteiger partial charge in [-0.25, -0.2) is 13.8 Å². The molecule has 0 radical (unpaired) electrons. The van der Waals surface area contributed by atoms with E-state index in [9.17, 15) is 13.6 Å². The molecule has 0 saturated heterocycles. The Hall–Kier alpha value is -1.76. The van der Waals surface area contributed by atoms with Crippen molar-refractivity contribution in [1.29, 1.82) is 0 Å². The van der Waals surface area contributed by atoms with E-state index in [0.29, 0.717) is 17.9 Å². The van der Waals surface area contributed by atoms with Gasteiger partial charge in [0.25, 0.3) is 12.3 Å². The van der Waals surface area contributed by atoms with Crippen molar-refractivity contribution in [2.45, 2.75) is 6.43 Å². The standard InChI is InChI=1S/C12H17F2N3O2/c1-17(2)12(18)9-3-4-11(16-7-9)15-5-6-19-8-10(13)14/h3-4,7,10H,5-6,8H2,1-2H3,(H,15,16). The van der Waals surface area contributed by atoms with E-state index in [1.165, 1.54) is 11.1 Å². The number of aromatic nitrogens is 1. The van der Waals surface area contributed by atoms with Crippen molar-refractivity contribution in [2.24, 2.45) is 0 Å². The molecule has 0 aromatic carbocycles. The van der Waals surface area contributed by atoms with Gasteiger partial charge in [0.05, 0.1) is 12.2 Å². The van der Waals surface area contributed by atoms with Gasteiger partial charge in [-0.05, 0) is 12.1 Å². The minimum atomic E-state index is -2.45. The fourth-order valence-electron chi connectivity index (χ4n) is 1.31. The van der Waals surface area contributed by atoms with E-state index in [2.05, 4.69) is 10.3 Å². The van der Waals surface area contributed by atoms with Crippen LogP contribution in [0.5, 0.6) is 0 Å². The number of carbonyl (C=O) groups excluding carboxylic acids is 1. The van der Waals surface area contributed by atoms with Crippen molar-refractivity contribution in [3.63, 3.8) is 0 Å². The van der Waals surface area contributed by atoms with Gasteiger partial charge in [-0.1, -0.05) is 0 Å². The smallest absolute Gasteiger partial charge is 0.261 e. The Labute approximate surface area is 110 Å². The summed E-state index contributed by atoms with van der Waals surface area (Å²) in [5, 5.41) is 2.91. The third-order valence-electron chi connectivity index (χ3n) is 2.21. The Kier molecular flexibility index (Phi) is 6.14. The predicted octanol–water partition coefficient (Wildman–Crippen LogP) is 1.48. The maximum Gasteiger partial charge on any atom is 0.261 e. The fraction of sp³-hybridized carbons (Fsp3) is 0.500. The van der Waals surface area contributed by atoms with Crippen LogP contribution in [0, 0.1) is 0 Å². The number of halogens is 2. The van der Waals surface area contributed by atoms with Crippen molar-refractivity contribution in [3.8, 4) is 0 Å². The molecule has 1 aromatic heterocycles. The molecule has 1 amide bonds. The Bertz CT molecular complexity index is 396. The van der Waals surface area contributed by atoms with Crippen molar-refractivity contribution >= 4 is 11.7 Å². The van der Waals surface area contributed by atoms with Crippen LogP contribution in [-0.4, -0.2) is 56.1 Å². The second-order valence-corrected chi connectivity index (χ2v) is 4.02. The summed E-state index contributed by atoms with van der Waals surface area (Å²) >= 11 is 0. The minimum Gasteiger partial charge on any atom is -0.374 e. The van der Waals surface area contributed by atoms with Crippen molar-refractivity contribution < 1.29 is 18.3 Å². The number of nitrogens with zero attached hydrogens (tertiary/aromatic N) is 2. The quantitative estimate of drug-likeness (QED) is 0.764. The van der Waals surface area contributed by atoms with E-state index in [-0.39, 0.29) is 12.5 Å². The van der Waals surface area contributed by atoms with E-state index < -0.39 is 13.0 Å². The first-order valence-corrected chi connectivity index (χ1v) is 5.78. The molecule has 7 heteroatoms. The number of nitrogens with one attached hydrogen (secondary N) is 1. The largest absolute Gasteiger partial charge is 0.374 e. The molecule has 0 fully saturated rings. The molecular weight excluding hydrogens is 256 g/mol. The fourth-order valence-corrected chi connectivity index (χ4v) is 1.31. The van der Waals surface area contributed by atoms with Gasteiger partial charge >= 0.3 is 0 Å². The minimum absolute atomic E-state index is 0.126. The summed E-state index contributed by atoms with van der Waals surface area (Å²) in [5.74, 6) is 0.440. The molecule has 5 nitrogen and oxygen atoms in total. The Morgan fingerprint density at radius 3 is 2.74 bits per heavy atom. The molecule has 0 aliphatic heterocycles. The maximum absolute atomic E-state index is 11.8. The van der Waals surface area contributed by atoms with E-state index in [4.69, 9.17) is 4.74 Å². The molecule has 106 valence electrons. The maximum atomic E-state index is 11.8. The Morgan fingerprint density at radius 2 is 2.21 bits per heavy atom. The van der Waals surface area contributed by atoms with Crippen LogP contribution < -0.4 is 5.32 Å². The van der Waals surface area contributed by atoms with Crippen LogP contribution in [-0.2, 0) is 4.74 Å². The lowest BCUT2D eigenvalue weighted by atomic mass is 10.2. The first kappa shape index (κ1) is 15.3. The highest BCUT2D eigenvalue weighted by Gasteiger charge is 2.07. The number of carbonyl (C=O) groups is 1. The van der Waals surface area contributed by atoms with Crippen LogP contribution in [0.2, 0.25) is 0 Å². The highest BCUT2D eigenvalue weighted by Crippen LogP contribution is 2.06. The molecule has 1 aromatic rings. The van der Waals surface area contributed by atoms with Gasteiger partial charge in [-0.3, -0.25) is 4.79 Å². The molecule has 1 rings (SSSR count). The van der Waals surface area contributed by atoms with E-state index >= 15 is 0 Å². The predicted molar refractivity (Wildman–Crippen MR) is 67.6 cm³/mol. The number of hydrogen-bond donors (Lipinski definition) is 1. The molecule has 1 N–H and O–H groups in total. The zero-order valence-electron chi connectivity index (χ0n) is 10.9. The second-order valence-electron chi connectivity index (χ2n) is 4.02. The summed E-state index contributed by atoms with van der Waals surface area (Å²) in [7, 11) is 3.32. The molecule has 0 spiro atoms. The van der Waals surface area contributed by atoms with E-state index in [1.54, 1.807) is 26.2 Å². The lowest BCUT2D eigenvalue weighted by Crippen LogP contribution is -2.21. The number of alkyl halides is 2. The number of rotatable bonds is 7. The van der Waals surface area contributed by atoms with Crippen LogP contribution >= 0.6 is 0 Å². The monoisotopic (exact) mass is 273 g/mol. The summed E-state index contributed by atoms with van der Waals surface area (Å²) in [6.45, 7) is -0.0174. The van der Waals surface area contributed by atoms with Gasteiger partial charge in [0, 0.05) is 26.8 Å². The van der Waals surface area contributed by atoms with Gasteiger partial charge in [0.2, 0.25) is 0 Å². The number of hydrogen-bond acceptors (Lipinski definition) is 4. The number of pyridine rings is 1.